The van der Waals surface area contributed by atoms with E-state index in [2.05, 4.69) is 10.3 Å². The van der Waals surface area contributed by atoms with Gasteiger partial charge in [-0.2, -0.15) is 0 Å². The van der Waals surface area contributed by atoms with Gasteiger partial charge in [-0.05, 0) is 18.6 Å². The van der Waals surface area contributed by atoms with E-state index in [9.17, 15) is 4.79 Å². The van der Waals surface area contributed by atoms with E-state index in [1.165, 1.54) is 0 Å². The van der Waals surface area contributed by atoms with Crippen molar-refractivity contribution in [3.05, 3.63) is 24.0 Å². The molecule has 12 heavy (non-hydrogen) atoms. The number of carbonyl (C=O) groups is 1. The SMILES string of the molecule is C[C@@H](N)C(=O)NCc1cc[nH]c1. The van der Waals surface area contributed by atoms with Gasteiger partial charge in [0.25, 0.3) is 0 Å². The number of nitrogens with one attached hydrogen (secondary N) is 2. The highest BCUT2D eigenvalue weighted by Crippen LogP contribution is 1.94. The molecule has 0 fully saturated rings. The highest BCUT2D eigenvalue weighted by atomic mass is 16.2. The zero-order valence-corrected chi connectivity index (χ0v) is 7.00. The highest BCUT2D eigenvalue weighted by Gasteiger charge is 2.05. The molecule has 1 rings (SSSR count). The second-order valence-electron chi connectivity index (χ2n) is 2.73. The van der Waals surface area contributed by atoms with Gasteiger partial charge >= 0.3 is 0 Å². The Hall–Kier alpha value is -1.29. The van der Waals surface area contributed by atoms with Gasteiger partial charge in [0.15, 0.2) is 0 Å². The number of aromatic nitrogens is 1. The largest absolute Gasteiger partial charge is 0.367 e. The van der Waals surface area contributed by atoms with Gasteiger partial charge in [-0.1, -0.05) is 0 Å². The molecule has 4 N–H and O–H groups in total. The molecule has 0 unspecified atom stereocenters. The highest BCUT2D eigenvalue weighted by molar-refractivity contribution is 5.80. The van der Waals surface area contributed by atoms with Crippen LogP contribution in [0.1, 0.15) is 12.5 Å². The maximum absolute atomic E-state index is 11.0. The van der Waals surface area contributed by atoms with Crippen LogP contribution in [0.15, 0.2) is 18.5 Å². The Morgan fingerprint density at radius 1 is 1.83 bits per heavy atom. The summed E-state index contributed by atoms with van der Waals surface area (Å²) in [6, 6.07) is 1.46. The number of carbonyl (C=O) groups excluding carboxylic acids is 1. The summed E-state index contributed by atoms with van der Waals surface area (Å²) in [5, 5.41) is 2.70. The lowest BCUT2D eigenvalue weighted by atomic mass is 10.3. The van der Waals surface area contributed by atoms with Crippen LogP contribution in [-0.4, -0.2) is 16.9 Å². The molecule has 66 valence electrons. The summed E-state index contributed by atoms with van der Waals surface area (Å²) in [4.78, 5) is 13.9. The Morgan fingerprint density at radius 3 is 3.08 bits per heavy atom. The molecule has 1 aromatic rings. The minimum atomic E-state index is -0.441. The molecule has 0 spiro atoms. The Bertz CT molecular complexity index is 241. The number of amides is 1. The molecule has 0 aliphatic carbocycles. The molecule has 1 amide bonds. The van der Waals surface area contributed by atoms with Gasteiger partial charge in [-0.25, -0.2) is 0 Å². The fourth-order valence-corrected chi connectivity index (χ4v) is 0.819. The molecule has 4 heteroatoms. The first kappa shape index (κ1) is 8.80. The van der Waals surface area contributed by atoms with Crippen molar-refractivity contribution in [2.45, 2.75) is 19.5 Å². The Morgan fingerprint density at radius 2 is 2.58 bits per heavy atom. The summed E-state index contributed by atoms with van der Waals surface area (Å²) in [5.74, 6) is -0.129. The van der Waals surface area contributed by atoms with E-state index in [0.29, 0.717) is 6.54 Å². The van der Waals surface area contributed by atoms with Gasteiger partial charge in [-0.3, -0.25) is 4.79 Å². The van der Waals surface area contributed by atoms with Crippen LogP contribution < -0.4 is 11.1 Å². The molecular weight excluding hydrogens is 154 g/mol. The summed E-state index contributed by atoms with van der Waals surface area (Å²) in [5.41, 5.74) is 6.40. The monoisotopic (exact) mass is 167 g/mol. The van der Waals surface area contributed by atoms with Gasteiger partial charge in [0.1, 0.15) is 0 Å². The average molecular weight is 167 g/mol. The van der Waals surface area contributed by atoms with E-state index in [-0.39, 0.29) is 5.91 Å². The van der Waals surface area contributed by atoms with Crippen LogP contribution in [0.2, 0.25) is 0 Å². The number of H-pyrrole nitrogens is 1. The predicted molar refractivity (Wildman–Crippen MR) is 46.3 cm³/mol. The summed E-state index contributed by atoms with van der Waals surface area (Å²) in [6.45, 7) is 2.19. The maximum Gasteiger partial charge on any atom is 0.236 e. The molecule has 4 nitrogen and oxygen atoms in total. The zero-order valence-electron chi connectivity index (χ0n) is 7.00. The van der Waals surface area contributed by atoms with Crippen LogP contribution >= 0.6 is 0 Å². The molecule has 0 radical (unpaired) electrons. The predicted octanol–water partition coefficient (Wildman–Crippen LogP) is -0.0219. The first-order chi connectivity index (χ1) is 5.70. The van der Waals surface area contributed by atoms with Gasteiger partial charge in [-0.15, -0.1) is 0 Å². The molecule has 0 aliphatic rings. The fraction of sp³-hybridized carbons (Fsp3) is 0.375. The third-order valence-corrected chi connectivity index (χ3v) is 1.54. The lowest BCUT2D eigenvalue weighted by Gasteiger charge is -2.05. The smallest absolute Gasteiger partial charge is 0.236 e. The van der Waals surface area contributed by atoms with Gasteiger partial charge in [0.2, 0.25) is 5.91 Å². The van der Waals surface area contributed by atoms with Crippen molar-refractivity contribution in [1.29, 1.82) is 0 Å². The van der Waals surface area contributed by atoms with Crippen LogP contribution in [0.3, 0.4) is 0 Å². The molecule has 0 saturated carbocycles. The fourth-order valence-electron chi connectivity index (χ4n) is 0.819. The number of rotatable bonds is 3. The van der Waals surface area contributed by atoms with Crippen molar-refractivity contribution in [3.8, 4) is 0 Å². The lowest BCUT2D eigenvalue weighted by Crippen LogP contribution is -2.37. The van der Waals surface area contributed by atoms with Crippen LogP contribution in [0.5, 0.6) is 0 Å². The number of nitrogens with two attached hydrogens (primary N) is 1. The van der Waals surface area contributed by atoms with E-state index >= 15 is 0 Å². The van der Waals surface area contributed by atoms with Gasteiger partial charge in [0, 0.05) is 18.9 Å². The standard InChI is InChI=1S/C8H13N3O/c1-6(9)8(12)11-5-7-2-3-10-4-7/h2-4,6,10H,5,9H2,1H3,(H,11,12)/t6-/m1/s1. The second kappa shape index (κ2) is 3.92. The third kappa shape index (κ3) is 2.39. The Labute approximate surface area is 71.2 Å². The average Bonchev–Trinajstić information content (AvgIpc) is 2.51. The van der Waals surface area contributed by atoms with Crippen molar-refractivity contribution >= 4 is 5.91 Å². The van der Waals surface area contributed by atoms with Gasteiger partial charge in [0.05, 0.1) is 6.04 Å². The summed E-state index contributed by atoms with van der Waals surface area (Å²) in [7, 11) is 0. The van der Waals surface area contributed by atoms with Crippen molar-refractivity contribution in [2.75, 3.05) is 0 Å². The van der Waals surface area contributed by atoms with Crippen LogP contribution in [-0.2, 0) is 11.3 Å². The Balaban J connectivity index is 2.32. The normalized spacial score (nSPS) is 12.5. The van der Waals surface area contributed by atoms with E-state index in [1.54, 1.807) is 6.92 Å². The van der Waals surface area contributed by atoms with Crippen molar-refractivity contribution in [2.24, 2.45) is 5.73 Å². The van der Waals surface area contributed by atoms with E-state index in [4.69, 9.17) is 5.73 Å². The van der Waals surface area contributed by atoms with Gasteiger partial charge < -0.3 is 16.0 Å². The Kier molecular flexibility index (Phi) is 2.88. The van der Waals surface area contributed by atoms with Crippen molar-refractivity contribution in [1.82, 2.24) is 10.3 Å². The topological polar surface area (TPSA) is 70.9 Å². The summed E-state index contributed by atoms with van der Waals surface area (Å²) < 4.78 is 0. The molecule has 1 heterocycles. The van der Waals surface area contributed by atoms with E-state index < -0.39 is 6.04 Å². The maximum atomic E-state index is 11.0. The first-order valence-electron chi connectivity index (χ1n) is 3.85. The van der Waals surface area contributed by atoms with Crippen molar-refractivity contribution < 1.29 is 4.79 Å². The lowest BCUT2D eigenvalue weighted by molar-refractivity contribution is -0.122. The minimum Gasteiger partial charge on any atom is -0.367 e. The molecule has 0 aromatic carbocycles. The summed E-state index contributed by atoms with van der Waals surface area (Å²) in [6.07, 6.45) is 3.65. The number of hydrogen-bond donors (Lipinski definition) is 3. The zero-order chi connectivity index (χ0) is 8.97. The first-order valence-corrected chi connectivity index (χ1v) is 3.85. The third-order valence-electron chi connectivity index (χ3n) is 1.54. The van der Waals surface area contributed by atoms with Crippen LogP contribution in [0, 0.1) is 0 Å². The molecule has 0 bridgehead atoms. The second-order valence-corrected chi connectivity index (χ2v) is 2.73. The summed E-state index contributed by atoms with van der Waals surface area (Å²) >= 11 is 0. The number of hydrogen-bond acceptors (Lipinski definition) is 2. The van der Waals surface area contributed by atoms with E-state index in [0.717, 1.165) is 5.56 Å². The van der Waals surface area contributed by atoms with Crippen LogP contribution in [0.4, 0.5) is 0 Å². The molecule has 1 aromatic heterocycles. The molecule has 1 atom stereocenters. The molecular formula is C8H13N3O. The molecule has 0 saturated heterocycles. The minimum absolute atomic E-state index is 0.129. The number of aromatic amines is 1. The van der Waals surface area contributed by atoms with Crippen LogP contribution in [0.25, 0.3) is 0 Å². The van der Waals surface area contributed by atoms with Crippen molar-refractivity contribution in [3.63, 3.8) is 0 Å². The van der Waals surface area contributed by atoms with E-state index in [1.807, 2.05) is 18.5 Å². The quantitative estimate of drug-likeness (QED) is 0.592. The molecule has 0 aliphatic heterocycles.